The molecule has 2 rings (SSSR count). The van der Waals surface area contributed by atoms with E-state index >= 15 is 0 Å². The molecule has 0 saturated heterocycles. The Bertz CT molecular complexity index is 786. The number of carbonyl (C=O) groups excluding carboxylic acids is 2. The zero-order chi connectivity index (χ0) is 19.8. The minimum Gasteiger partial charge on any atom is -0.497 e. The third-order valence-corrected chi connectivity index (χ3v) is 4.14. The van der Waals surface area contributed by atoms with Gasteiger partial charge in [-0.15, -0.1) is 0 Å². The molecule has 6 nitrogen and oxygen atoms in total. The molecule has 0 saturated carbocycles. The number of hydrogen-bond donors (Lipinski definition) is 1. The van der Waals surface area contributed by atoms with Gasteiger partial charge in [0.25, 0.3) is 5.91 Å². The molecule has 144 valence electrons. The molecule has 0 radical (unpaired) electrons. The standard InChI is InChI=1S/C21H25NO5/c1-14-5-8-19(11-15(14)2)26-13-20(23)27-16(3)21(24)22-12-17-6-9-18(25-4)10-7-17/h5-11,16H,12-13H2,1-4H3,(H,22,24)/t16-/m0/s1. The molecular formula is C21H25NO5. The molecule has 2 aromatic carbocycles. The number of rotatable bonds is 8. The number of aryl methyl sites for hydroxylation is 2. The first-order valence-electron chi connectivity index (χ1n) is 8.69. The Labute approximate surface area is 159 Å². The maximum Gasteiger partial charge on any atom is 0.344 e. The molecule has 0 bridgehead atoms. The lowest BCUT2D eigenvalue weighted by Crippen LogP contribution is -2.36. The molecular weight excluding hydrogens is 346 g/mol. The Balaban J connectivity index is 1.75. The number of nitrogens with one attached hydrogen (secondary N) is 1. The van der Waals surface area contributed by atoms with Crippen molar-refractivity contribution in [1.82, 2.24) is 5.32 Å². The van der Waals surface area contributed by atoms with E-state index in [4.69, 9.17) is 14.2 Å². The maximum absolute atomic E-state index is 12.1. The number of benzene rings is 2. The highest BCUT2D eigenvalue weighted by molar-refractivity contribution is 5.83. The minimum atomic E-state index is -0.904. The van der Waals surface area contributed by atoms with Gasteiger partial charge in [-0.2, -0.15) is 0 Å². The number of esters is 1. The van der Waals surface area contributed by atoms with E-state index in [2.05, 4.69) is 5.32 Å². The summed E-state index contributed by atoms with van der Waals surface area (Å²) in [6.45, 7) is 5.58. The fourth-order valence-corrected chi connectivity index (χ4v) is 2.31. The van der Waals surface area contributed by atoms with Crippen molar-refractivity contribution in [2.75, 3.05) is 13.7 Å². The second-order valence-electron chi connectivity index (χ2n) is 6.23. The fraction of sp³-hybridized carbons (Fsp3) is 0.333. The quantitative estimate of drug-likeness (QED) is 0.722. The van der Waals surface area contributed by atoms with E-state index in [-0.39, 0.29) is 12.5 Å². The summed E-state index contributed by atoms with van der Waals surface area (Å²) in [5, 5.41) is 2.73. The van der Waals surface area contributed by atoms with Crippen molar-refractivity contribution in [3.63, 3.8) is 0 Å². The van der Waals surface area contributed by atoms with Crippen molar-refractivity contribution in [2.45, 2.75) is 33.4 Å². The van der Waals surface area contributed by atoms with Crippen molar-refractivity contribution in [3.8, 4) is 11.5 Å². The molecule has 0 aromatic heterocycles. The minimum absolute atomic E-state index is 0.251. The summed E-state index contributed by atoms with van der Waals surface area (Å²) < 4.78 is 15.6. The van der Waals surface area contributed by atoms with Crippen LogP contribution >= 0.6 is 0 Å². The van der Waals surface area contributed by atoms with E-state index < -0.39 is 12.1 Å². The summed E-state index contributed by atoms with van der Waals surface area (Å²) in [4.78, 5) is 24.0. The van der Waals surface area contributed by atoms with Crippen molar-refractivity contribution in [1.29, 1.82) is 0 Å². The summed E-state index contributed by atoms with van der Waals surface area (Å²) in [5.41, 5.74) is 3.14. The van der Waals surface area contributed by atoms with Crippen LogP contribution in [0.4, 0.5) is 0 Å². The van der Waals surface area contributed by atoms with Crippen LogP contribution in [0.3, 0.4) is 0 Å². The van der Waals surface area contributed by atoms with Gasteiger partial charge in [0.05, 0.1) is 7.11 Å². The lowest BCUT2D eigenvalue weighted by Gasteiger charge is -2.14. The van der Waals surface area contributed by atoms with Gasteiger partial charge in [0.1, 0.15) is 11.5 Å². The lowest BCUT2D eigenvalue weighted by atomic mass is 10.1. The summed E-state index contributed by atoms with van der Waals surface area (Å²) in [6.07, 6.45) is -0.904. The molecule has 1 N–H and O–H groups in total. The zero-order valence-electron chi connectivity index (χ0n) is 16.1. The zero-order valence-corrected chi connectivity index (χ0v) is 16.1. The molecule has 0 spiro atoms. The van der Waals surface area contributed by atoms with Gasteiger partial charge in [-0.25, -0.2) is 4.79 Å². The van der Waals surface area contributed by atoms with Gasteiger partial charge in [0, 0.05) is 6.54 Å². The van der Waals surface area contributed by atoms with E-state index in [9.17, 15) is 9.59 Å². The number of carbonyl (C=O) groups is 2. The highest BCUT2D eigenvalue weighted by Gasteiger charge is 2.18. The highest BCUT2D eigenvalue weighted by Crippen LogP contribution is 2.16. The highest BCUT2D eigenvalue weighted by atomic mass is 16.6. The molecule has 0 fully saturated rings. The second-order valence-corrected chi connectivity index (χ2v) is 6.23. The Kier molecular flexibility index (Phi) is 7.23. The SMILES string of the molecule is COc1ccc(CNC(=O)[C@H](C)OC(=O)COc2ccc(C)c(C)c2)cc1. The Morgan fingerprint density at radius 1 is 1.00 bits per heavy atom. The van der Waals surface area contributed by atoms with Gasteiger partial charge in [-0.3, -0.25) is 4.79 Å². The second kappa shape index (κ2) is 9.62. The molecule has 27 heavy (non-hydrogen) atoms. The Hall–Kier alpha value is -3.02. The Morgan fingerprint density at radius 3 is 2.30 bits per heavy atom. The number of hydrogen-bond acceptors (Lipinski definition) is 5. The summed E-state index contributed by atoms with van der Waals surface area (Å²) >= 11 is 0. The lowest BCUT2D eigenvalue weighted by molar-refractivity contribution is -0.156. The molecule has 1 atom stereocenters. The van der Waals surface area contributed by atoms with Crippen molar-refractivity contribution in [3.05, 3.63) is 59.2 Å². The normalized spacial score (nSPS) is 11.4. The van der Waals surface area contributed by atoms with Crippen molar-refractivity contribution >= 4 is 11.9 Å². The molecule has 0 heterocycles. The molecule has 0 aliphatic carbocycles. The number of amides is 1. The summed E-state index contributed by atoms with van der Waals surface area (Å²) in [7, 11) is 1.59. The van der Waals surface area contributed by atoms with Gasteiger partial charge in [-0.1, -0.05) is 18.2 Å². The van der Waals surface area contributed by atoms with Crippen LogP contribution in [0.1, 0.15) is 23.6 Å². The van der Waals surface area contributed by atoms with Gasteiger partial charge in [0.15, 0.2) is 12.7 Å². The van der Waals surface area contributed by atoms with Gasteiger partial charge in [0.2, 0.25) is 0 Å². The molecule has 1 amide bonds. The topological polar surface area (TPSA) is 73.9 Å². The average molecular weight is 371 g/mol. The molecule has 0 aliphatic rings. The van der Waals surface area contributed by atoms with E-state index in [1.165, 1.54) is 6.92 Å². The number of methoxy groups -OCH3 is 1. The van der Waals surface area contributed by atoms with Crippen LogP contribution in [0.15, 0.2) is 42.5 Å². The number of ether oxygens (including phenoxy) is 3. The monoisotopic (exact) mass is 371 g/mol. The summed E-state index contributed by atoms with van der Waals surface area (Å²) in [6, 6.07) is 12.9. The Morgan fingerprint density at radius 2 is 1.67 bits per heavy atom. The van der Waals surface area contributed by atoms with E-state index in [0.29, 0.717) is 12.3 Å². The van der Waals surface area contributed by atoms with Crippen LogP contribution in [-0.2, 0) is 20.9 Å². The van der Waals surface area contributed by atoms with E-state index in [0.717, 1.165) is 22.4 Å². The first-order valence-corrected chi connectivity index (χ1v) is 8.69. The smallest absolute Gasteiger partial charge is 0.344 e. The van der Waals surface area contributed by atoms with Crippen LogP contribution < -0.4 is 14.8 Å². The largest absolute Gasteiger partial charge is 0.497 e. The van der Waals surface area contributed by atoms with Crippen LogP contribution in [0.25, 0.3) is 0 Å². The first kappa shape index (κ1) is 20.3. The van der Waals surface area contributed by atoms with Crippen LogP contribution in [0.2, 0.25) is 0 Å². The van der Waals surface area contributed by atoms with E-state index in [1.54, 1.807) is 13.2 Å². The third kappa shape index (κ3) is 6.33. The molecule has 6 heteroatoms. The molecule has 0 aliphatic heterocycles. The van der Waals surface area contributed by atoms with Crippen LogP contribution in [0.5, 0.6) is 11.5 Å². The predicted molar refractivity (Wildman–Crippen MR) is 102 cm³/mol. The summed E-state index contributed by atoms with van der Waals surface area (Å²) in [5.74, 6) is 0.369. The van der Waals surface area contributed by atoms with Crippen molar-refractivity contribution < 1.29 is 23.8 Å². The first-order chi connectivity index (χ1) is 12.9. The van der Waals surface area contributed by atoms with Crippen LogP contribution in [-0.4, -0.2) is 31.7 Å². The average Bonchev–Trinajstić information content (AvgIpc) is 2.67. The van der Waals surface area contributed by atoms with Gasteiger partial charge >= 0.3 is 5.97 Å². The fourth-order valence-electron chi connectivity index (χ4n) is 2.31. The molecule has 0 unspecified atom stereocenters. The third-order valence-electron chi connectivity index (χ3n) is 4.14. The van der Waals surface area contributed by atoms with Gasteiger partial charge < -0.3 is 19.5 Å². The van der Waals surface area contributed by atoms with E-state index in [1.807, 2.05) is 50.2 Å². The maximum atomic E-state index is 12.1. The molecule has 2 aromatic rings. The van der Waals surface area contributed by atoms with Crippen molar-refractivity contribution in [2.24, 2.45) is 0 Å². The predicted octanol–water partition coefficient (Wildman–Crippen LogP) is 2.94. The van der Waals surface area contributed by atoms with Crippen LogP contribution in [0, 0.1) is 13.8 Å². The van der Waals surface area contributed by atoms with Gasteiger partial charge in [-0.05, 0) is 61.7 Å².